The van der Waals surface area contributed by atoms with E-state index in [0.29, 0.717) is 5.91 Å². The molecule has 0 N–H and O–H groups in total. The first-order valence-electron chi connectivity index (χ1n) is 7.86. The maximum absolute atomic E-state index is 12.5. The second kappa shape index (κ2) is 4.91. The Morgan fingerprint density at radius 1 is 1.20 bits per heavy atom. The topological polar surface area (TPSA) is 20.3 Å². The number of carbonyl (C=O) groups excluding carboxylic acids is 1. The van der Waals surface area contributed by atoms with E-state index in [0.717, 1.165) is 31.8 Å². The Morgan fingerprint density at radius 2 is 1.90 bits per heavy atom. The van der Waals surface area contributed by atoms with Gasteiger partial charge in [0.1, 0.15) is 0 Å². The van der Waals surface area contributed by atoms with Crippen molar-refractivity contribution in [3.63, 3.8) is 0 Å². The number of amides is 1. The zero-order chi connectivity index (χ0) is 14.3. The molecule has 0 atom stereocenters. The van der Waals surface area contributed by atoms with Crippen LogP contribution >= 0.6 is 0 Å². The highest BCUT2D eigenvalue weighted by Gasteiger charge is 2.52. The number of rotatable bonds is 2. The lowest BCUT2D eigenvalue weighted by Crippen LogP contribution is -2.61. The summed E-state index contributed by atoms with van der Waals surface area (Å²) in [6.07, 6.45) is 4.67. The molecule has 1 aromatic rings. The molecule has 1 amide bonds. The van der Waals surface area contributed by atoms with Crippen molar-refractivity contribution >= 4 is 5.91 Å². The SMILES string of the molecule is Cc1ccc(CN2CC3(CCC(C)CC3)C2=O)cc1C. The standard InChI is InChI=1S/C18H25NO/c1-13-6-8-18(9-7-13)12-19(17(18)20)11-16-5-4-14(2)15(3)10-16/h4-5,10,13H,6-9,11-12H2,1-3H3. The maximum atomic E-state index is 12.5. The lowest BCUT2D eigenvalue weighted by atomic mass is 9.65. The van der Waals surface area contributed by atoms with Gasteiger partial charge in [0, 0.05) is 13.1 Å². The predicted molar refractivity (Wildman–Crippen MR) is 81.4 cm³/mol. The molecule has 2 aliphatic rings. The summed E-state index contributed by atoms with van der Waals surface area (Å²) in [5.41, 5.74) is 3.92. The lowest BCUT2D eigenvalue weighted by molar-refractivity contribution is -0.165. The first-order chi connectivity index (χ1) is 9.50. The van der Waals surface area contributed by atoms with Gasteiger partial charge < -0.3 is 4.90 Å². The third-order valence-electron chi connectivity index (χ3n) is 5.41. The molecule has 1 saturated carbocycles. The highest BCUT2D eigenvalue weighted by molar-refractivity contribution is 5.88. The maximum Gasteiger partial charge on any atom is 0.230 e. The number of likely N-dealkylation sites (tertiary alicyclic amines) is 1. The summed E-state index contributed by atoms with van der Waals surface area (Å²) in [7, 11) is 0. The van der Waals surface area contributed by atoms with E-state index >= 15 is 0 Å². The predicted octanol–water partition coefficient (Wildman–Crippen LogP) is 3.84. The minimum absolute atomic E-state index is 0.0201. The molecule has 0 radical (unpaired) electrons. The summed E-state index contributed by atoms with van der Waals surface area (Å²) in [6.45, 7) is 8.35. The summed E-state index contributed by atoms with van der Waals surface area (Å²) < 4.78 is 0. The van der Waals surface area contributed by atoms with Gasteiger partial charge in [-0.25, -0.2) is 0 Å². The minimum atomic E-state index is 0.0201. The molecule has 0 bridgehead atoms. The summed E-state index contributed by atoms with van der Waals surface area (Å²) in [4.78, 5) is 14.6. The van der Waals surface area contributed by atoms with Gasteiger partial charge in [-0.2, -0.15) is 0 Å². The molecular formula is C18H25NO. The number of benzene rings is 1. The molecule has 1 saturated heterocycles. The van der Waals surface area contributed by atoms with Crippen molar-refractivity contribution in [2.24, 2.45) is 11.3 Å². The van der Waals surface area contributed by atoms with E-state index < -0.39 is 0 Å². The van der Waals surface area contributed by atoms with E-state index in [9.17, 15) is 4.79 Å². The second-order valence-corrected chi connectivity index (χ2v) is 7.04. The van der Waals surface area contributed by atoms with E-state index in [-0.39, 0.29) is 5.41 Å². The first-order valence-corrected chi connectivity index (χ1v) is 7.86. The summed E-state index contributed by atoms with van der Waals surface area (Å²) in [5.74, 6) is 1.21. The van der Waals surface area contributed by atoms with Crippen LogP contribution in [0.5, 0.6) is 0 Å². The van der Waals surface area contributed by atoms with Crippen LogP contribution in [0.15, 0.2) is 18.2 Å². The Morgan fingerprint density at radius 3 is 2.50 bits per heavy atom. The van der Waals surface area contributed by atoms with Crippen LogP contribution in [0, 0.1) is 25.2 Å². The fourth-order valence-electron chi connectivity index (χ4n) is 3.69. The molecule has 1 heterocycles. The van der Waals surface area contributed by atoms with Crippen LogP contribution in [0.2, 0.25) is 0 Å². The molecule has 2 heteroatoms. The molecule has 20 heavy (non-hydrogen) atoms. The van der Waals surface area contributed by atoms with Crippen LogP contribution in [0.25, 0.3) is 0 Å². The molecule has 1 aromatic carbocycles. The fraction of sp³-hybridized carbons (Fsp3) is 0.611. The Balaban J connectivity index is 1.64. The molecule has 0 aromatic heterocycles. The third kappa shape index (κ3) is 2.25. The van der Waals surface area contributed by atoms with E-state index in [1.54, 1.807) is 0 Å². The van der Waals surface area contributed by atoms with Crippen LogP contribution in [0.3, 0.4) is 0 Å². The summed E-state index contributed by atoms with van der Waals surface area (Å²) >= 11 is 0. The number of hydrogen-bond acceptors (Lipinski definition) is 1. The van der Waals surface area contributed by atoms with Crippen molar-refractivity contribution in [3.8, 4) is 0 Å². The van der Waals surface area contributed by atoms with Crippen LogP contribution in [0.1, 0.15) is 49.3 Å². The van der Waals surface area contributed by atoms with E-state index in [1.807, 2.05) is 4.90 Å². The molecule has 2 fully saturated rings. The van der Waals surface area contributed by atoms with Crippen molar-refractivity contribution in [1.29, 1.82) is 0 Å². The molecule has 0 unspecified atom stereocenters. The smallest absolute Gasteiger partial charge is 0.230 e. The Kier molecular flexibility index (Phi) is 3.35. The van der Waals surface area contributed by atoms with Gasteiger partial charge in [0.2, 0.25) is 5.91 Å². The van der Waals surface area contributed by atoms with Crippen molar-refractivity contribution in [3.05, 3.63) is 34.9 Å². The largest absolute Gasteiger partial charge is 0.337 e. The Bertz CT molecular complexity index is 526. The van der Waals surface area contributed by atoms with Gasteiger partial charge in [-0.3, -0.25) is 4.79 Å². The quantitative estimate of drug-likeness (QED) is 0.748. The van der Waals surface area contributed by atoms with E-state index in [1.165, 1.54) is 29.5 Å². The Hall–Kier alpha value is -1.31. The Labute approximate surface area is 122 Å². The molecule has 1 aliphatic carbocycles. The molecule has 108 valence electrons. The van der Waals surface area contributed by atoms with Crippen LogP contribution in [-0.4, -0.2) is 17.4 Å². The average molecular weight is 271 g/mol. The van der Waals surface area contributed by atoms with Gasteiger partial charge >= 0.3 is 0 Å². The number of β-lactam (4-membered cyclic amide) rings is 1. The van der Waals surface area contributed by atoms with Gasteiger partial charge in [0.25, 0.3) is 0 Å². The van der Waals surface area contributed by atoms with Gasteiger partial charge in [-0.1, -0.05) is 25.1 Å². The normalized spacial score (nSPS) is 29.6. The highest BCUT2D eigenvalue weighted by atomic mass is 16.2. The van der Waals surface area contributed by atoms with Gasteiger partial charge in [-0.15, -0.1) is 0 Å². The number of carbonyl (C=O) groups is 1. The first kappa shape index (κ1) is 13.7. The van der Waals surface area contributed by atoms with Crippen LogP contribution < -0.4 is 0 Å². The molecule has 1 spiro atoms. The second-order valence-electron chi connectivity index (χ2n) is 7.04. The van der Waals surface area contributed by atoms with Crippen molar-refractivity contribution in [1.82, 2.24) is 4.90 Å². The monoisotopic (exact) mass is 271 g/mol. The number of aryl methyl sites for hydroxylation is 2. The third-order valence-corrected chi connectivity index (χ3v) is 5.41. The molecular weight excluding hydrogens is 246 g/mol. The van der Waals surface area contributed by atoms with E-state index in [4.69, 9.17) is 0 Å². The number of nitrogens with zero attached hydrogens (tertiary/aromatic N) is 1. The zero-order valence-corrected chi connectivity index (χ0v) is 12.9. The molecule has 3 rings (SSSR count). The van der Waals surface area contributed by atoms with Gasteiger partial charge in [-0.05, 0) is 62.1 Å². The highest BCUT2D eigenvalue weighted by Crippen LogP contribution is 2.46. The van der Waals surface area contributed by atoms with Crippen molar-refractivity contribution < 1.29 is 4.79 Å². The summed E-state index contributed by atoms with van der Waals surface area (Å²) in [6, 6.07) is 6.53. The van der Waals surface area contributed by atoms with E-state index in [2.05, 4.69) is 39.0 Å². The van der Waals surface area contributed by atoms with Crippen LogP contribution in [-0.2, 0) is 11.3 Å². The van der Waals surface area contributed by atoms with Gasteiger partial charge in [0.05, 0.1) is 5.41 Å². The number of hydrogen-bond donors (Lipinski definition) is 0. The minimum Gasteiger partial charge on any atom is -0.337 e. The molecule has 2 nitrogen and oxygen atoms in total. The van der Waals surface area contributed by atoms with Crippen LogP contribution in [0.4, 0.5) is 0 Å². The summed E-state index contributed by atoms with van der Waals surface area (Å²) in [5, 5.41) is 0. The van der Waals surface area contributed by atoms with Crippen molar-refractivity contribution in [2.45, 2.75) is 53.0 Å². The zero-order valence-electron chi connectivity index (χ0n) is 12.9. The van der Waals surface area contributed by atoms with Gasteiger partial charge in [0.15, 0.2) is 0 Å². The fourth-order valence-corrected chi connectivity index (χ4v) is 3.69. The average Bonchev–Trinajstić information content (AvgIpc) is 2.44. The van der Waals surface area contributed by atoms with Crippen molar-refractivity contribution in [2.75, 3.05) is 6.54 Å². The lowest BCUT2D eigenvalue weighted by Gasteiger charge is -2.52. The molecule has 1 aliphatic heterocycles.